The molecule has 0 aliphatic carbocycles. The van der Waals surface area contributed by atoms with Crippen molar-refractivity contribution in [1.82, 2.24) is 5.01 Å². The van der Waals surface area contributed by atoms with Crippen LogP contribution in [-0.4, -0.2) is 40.2 Å². The number of carbonyl (C=O) groups excluding carboxylic acids is 1. The Bertz CT molecular complexity index is 1150. The smallest absolute Gasteiger partial charge is 0.283 e. The van der Waals surface area contributed by atoms with Crippen molar-refractivity contribution in [2.45, 2.75) is 20.8 Å². The molecule has 0 atom stereocenters. The number of fused-ring (bicyclic) bond motifs is 1. The number of nitrogens with one attached hydrogen (secondary N) is 1. The lowest BCUT2D eigenvalue weighted by molar-refractivity contribution is -0.114. The predicted molar refractivity (Wildman–Crippen MR) is 128 cm³/mol. The maximum atomic E-state index is 12.6. The van der Waals surface area contributed by atoms with Gasteiger partial charge < -0.3 is 9.47 Å². The molecule has 7 nitrogen and oxygen atoms in total. The highest BCUT2D eigenvalue weighted by atomic mass is 32.2. The Balaban J connectivity index is 1.48. The van der Waals surface area contributed by atoms with Crippen LogP contribution in [0.2, 0.25) is 0 Å². The van der Waals surface area contributed by atoms with Crippen LogP contribution in [0.15, 0.2) is 64.2 Å². The van der Waals surface area contributed by atoms with Gasteiger partial charge in [-0.15, -0.1) is 0 Å². The molecule has 0 radical (unpaired) electrons. The zero-order chi connectivity index (χ0) is 22.7. The molecule has 0 fully saturated rings. The van der Waals surface area contributed by atoms with Crippen LogP contribution in [0, 0.1) is 18.3 Å². The average Bonchev–Trinajstić information content (AvgIpc) is 3.21. The number of nitrogens with zero attached hydrogens (tertiary/aromatic N) is 3. The summed E-state index contributed by atoms with van der Waals surface area (Å²) >= 11 is 1.33. The summed E-state index contributed by atoms with van der Waals surface area (Å²) in [6.07, 6.45) is 1.63. The molecule has 8 heteroatoms. The summed E-state index contributed by atoms with van der Waals surface area (Å²) in [5.74, 6) is 1.18. The van der Waals surface area contributed by atoms with Crippen molar-refractivity contribution in [1.29, 1.82) is 5.41 Å². The second-order valence-electron chi connectivity index (χ2n) is 7.61. The van der Waals surface area contributed by atoms with E-state index < -0.39 is 5.91 Å². The Morgan fingerprint density at radius 3 is 2.44 bits per heavy atom. The number of carbonyl (C=O) groups is 1. The van der Waals surface area contributed by atoms with Gasteiger partial charge in [-0.2, -0.15) is 15.1 Å². The summed E-state index contributed by atoms with van der Waals surface area (Å²) in [5, 5.41) is 15.7. The number of benzene rings is 2. The SMILES string of the molecule is Cc1ccccc1OCCOc1ccccc1/C=C1/C(=N)N2N=C(C(C)C)SC2=NC1=O. The summed E-state index contributed by atoms with van der Waals surface area (Å²) in [6.45, 7) is 6.75. The van der Waals surface area contributed by atoms with Gasteiger partial charge in [-0.05, 0) is 42.5 Å². The number of amidine groups is 2. The second-order valence-corrected chi connectivity index (χ2v) is 8.60. The molecule has 0 spiro atoms. The summed E-state index contributed by atoms with van der Waals surface area (Å²) in [6, 6.07) is 15.2. The first-order chi connectivity index (χ1) is 15.4. The largest absolute Gasteiger partial charge is 0.490 e. The van der Waals surface area contributed by atoms with Crippen molar-refractivity contribution in [2.24, 2.45) is 16.0 Å². The van der Waals surface area contributed by atoms with E-state index in [1.54, 1.807) is 6.08 Å². The minimum atomic E-state index is -0.452. The molecule has 1 N–H and O–H groups in total. The van der Waals surface area contributed by atoms with Crippen molar-refractivity contribution in [3.8, 4) is 11.5 Å². The average molecular weight is 449 g/mol. The van der Waals surface area contributed by atoms with Gasteiger partial charge in [0.05, 0.1) is 5.57 Å². The predicted octanol–water partition coefficient (Wildman–Crippen LogP) is 4.73. The third-order valence-corrected chi connectivity index (χ3v) is 6.08. The maximum Gasteiger partial charge on any atom is 0.283 e. The molecule has 0 unspecified atom stereocenters. The molecular formula is C24H24N4O3S. The molecule has 0 saturated heterocycles. The third-order valence-electron chi connectivity index (χ3n) is 4.87. The van der Waals surface area contributed by atoms with Gasteiger partial charge in [0.25, 0.3) is 5.91 Å². The Hall–Kier alpha value is -3.39. The number of rotatable bonds is 7. The number of hydrazone groups is 1. The summed E-state index contributed by atoms with van der Waals surface area (Å²) < 4.78 is 11.7. The molecule has 2 aliphatic heterocycles. The van der Waals surface area contributed by atoms with Gasteiger partial charge in [0.15, 0.2) is 5.84 Å². The fourth-order valence-corrected chi connectivity index (χ4v) is 4.04. The van der Waals surface area contributed by atoms with Gasteiger partial charge in [0.1, 0.15) is 29.8 Å². The summed E-state index contributed by atoms with van der Waals surface area (Å²) in [7, 11) is 0. The molecule has 164 valence electrons. The number of para-hydroxylation sites is 2. The van der Waals surface area contributed by atoms with E-state index in [2.05, 4.69) is 10.1 Å². The van der Waals surface area contributed by atoms with Crippen LogP contribution < -0.4 is 9.47 Å². The van der Waals surface area contributed by atoms with E-state index >= 15 is 0 Å². The first-order valence-electron chi connectivity index (χ1n) is 10.3. The fourth-order valence-electron chi connectivity index (χ4n) is 3.15. The lowest BCUT2D eigenvalue weighted by Gasteiger charge is -2.20. The van der Waals surface area contributed by atoms with Crippen LogP contribution in [0.3, 0.4) is 0 Å². The minimum absolute atomic E-state index is 0.0147. The molecular weight excluding hydrogens is 424 g/mol. The molecule has 2 aromatic rings. The van der Waals surface area contributed by atoms with E-state index in [0.717, 1.165) is 16.4 Å². The molecule has 4 rings (SSSR count). The van der Waals surface area contributed by atoms with Crippen LogP contribution in [0.4, 0.5) is 0 Å². The Labute approximate surface area is 191 Å². The zero-order valence-electron chi connectivity index (χ0n) is 18.2. The van der Waals surface area contributed by atoms with Crippen molar-refractivity contribution in [2.75, 3.05) is 13.2 Å². The van der Waals surface area contributed by atoms with Crippen LogP contribution in [0.1, 0.15) is 25.0 Å². The first kappa shape index (κ1) is 21.8. The number of thioether (sulfide) groups is 1. The first-order valence-corrected chi connectivity index (χ1v) is 11.2. The van der Waals surface area contributed by atoms with E-state index in [0.29, 0.717) is 29.7 Å². The standard InChI is InChI=1S/C24H24N4O3S/c1-15(2)23-27-28-21(25)18(22(29)26-24(28)32-23)14-17-9-5-7-11-20(17)31-13-12-30-19-10-6-4-8-16(19)3/h4-11,14-15,25H,12-13H2,1-3H3/b18-14-,25-21?. The summed E-state index contributed by atoms with van der Waals surface area (Å²) in [5.41, 5.74) is 1.93. The minimum Gasteiger partial charge on any atom is -0.490 e. The quantitative estimate of drug-likeness (QED) is 0.489. The lowest BCUT2D eigenvalue weighted by atomic mass is 10.1. The number of hydrogen-bond donors (Lipinski definition) is 1. The monoisotopic (exact) mass is 448 g/mol. The number of hydrogen-bond acceptors (Lipinski definition) is 6. The molecule has 2 heterocycles. The van der Waals surface area contributed by atoms with E-state index in [9.17, 15) is 4.79 Å². The highest BCUT2D eigenvalue weighted by Gasteiger charge is 2.36. The zero-order valence-corrected chi connectivity index (χ0v) is 19.0. The normalized spacial score (nSPS) is 16.9. The molecule has 2 aromatic carbocycles. The number of ether oxygens (including phenoxy) is 2. The topological polar surface area (TPSA) is 87.3 Å². The third kappa shape index (κ3) is 4.60. The van der Waals surface area contributed by atoms with E-state index in [1.165, 1.54) is 16.8 Å². The van der Waals surface area contributed by atoms with Gasteiger partial charge in [0, 0.05) is 11.5 Å². The highest BCUT2D eigenvalue weighted by molar-refractivity contribution is 8.27. The van der Waals surface area contributed by atoms with Crippen molar-refractivity contribution < 1.29 is 14.3 Å². The van der Waals surface area contributed by atoms with Crippen LogP contribution in [0.5, 0.6) is 11.5 Å². The van der Waals surface area contributed by atoms with Gasteiger partial charge >= 0.3 is 0 Å². The van der Waals surface area contributed by atoms with Crippen LogP contribution in [-0.2, 0) is 4.79 Å². The lowest BCUT2D eigenvalue weighted by Crippen LogP contribution is -2.35. The van der Waals surface area contributed by atoms with Gasteiger partial charge in [-0.1, -0.05) is 50.2 Å². The van der Waals surface area contributed by atoms with Crippen molar-refractivity contribution >= 4 is 39.8 Å². The van der Waals surface area contributed by atoms with E-state index in [4.69, 9.17) is 14.9 Å². The van der Waals surface area contributed by atoms with Gasteiger partial charge in [-0.25, -0.2) is 0 Å². The molecule has 0 aromatic heterocycles. The number of amides is 1. The fraction of sp³-hybridized carbons (Fsp3) is 0.250. The van der Waals surface area contributed by atoms with Crippen LogP contribution >= 0.6 is 11.8 Å². The number of aliphatic imine (C=N–C) groups is 1. The number of aryl methyl sites for hydroxylation is 1. The van der Waals surface area contributed by atoms with Crippen molar-refractivity contribution in [3.05, 3.63) is 65.2 Å². The molecule has 0 saturated carbocycles. The Morgan fingerprint density at radius 2 is 1.72 bits per heavy atom. The molecule has 2 aliphatic rings. The van der Waals surface area contributed by atoms with Gasteiger partial charge in [0.2, 0.25) is 5.17 Å². The molecule has 1 amide bonds. The Morgan fingerprint density at radius 1 is 1.06 bits per heavy atom. The van der Waals surface area contributed by atoms with E-state index in [-0.39, 0.29) is 17.3 Å². The van der Waals surface area contributed by atoms with E-state index in [1.807, 2.05) is 69.3 Å². The van der Waals surface area contributed by atoms with Crippen molar-refractivity contribution in [3.63, 3.8) is 0 Å². The van der Waals surface area contributed by atoms with Crippen LogP contribution in [0.25, 0.3) is 6.08 Å². The summed E-state index contributed by atoms with van der Waals surface area (Å²) in [4.78, 5) is 16.8. The molecule has 32 heavy (non-hydrogen) atoms. The maximum absolute atomic E-state index is 12.6. The second kappa shape index (κ2) is 9.40. The van der Waals surface area contributed by atoms with Gasteiger partial charge in [-0.3, -0.25) is 10.2 Å². The Kier molecular flexibility index (Phi) is 6.41. The highest BCUT2D eigenvalue weighted by Crippen LogP contribution is 2.31. The molecule has 0 bridgehead atoms.